The number of rotatable bonds is 3. The smallest absolute Gasteiger partial charge is 0.128 e. The van der Waals surface area contributed by atoms with Gasteiger partial charge in [0, 0.05) is 11.6 Å². The van der Waals surface area contributed by atoms with Gasteiger partial charge in [-0.15, -0.1) is 0 Å². The Bertz CT molecular complexity index is 410. The molecule has 86 valence electrons. The van der Waals surface area contributed by atoms with Crippen LogP contribution in [0.4, 0.5) is 8.78 Å². The summed E-state index contributed by atoms with van der Waals surface area (Å²) in [7, 11) is 0. The van der Waals surface area contributed by atoms with Gasteiger partial charge in [0.05, 0.1) is 12.0 Å². The van der Waals surface area contributed by atoms with Gasteiger partial charge in [-0.1, -0.05) is 13.8 Å². The predicted octanol–water partition coefficient (Wildman–Crippen LogP) is 2.76. The SMILES string of the molecule is CC(C)C(C#N)C(N)c1cc(F)ccc1F. The van der Waals surface area contributed by atoms with Gasteiger partial charge in [-0.2, -0.15) is 5.26 Å². The van der Waals surface area contributed by atoms with E-state index in [0.29, 0.717) is 0 Å². The van der Waals surface area contributed by atoms with E-state index in [4.69, 9.17) is 11.0 Å². The molecule has 0 aliphatic rings. The Morgan fingerprint density at radius 1 is 1.31 bits per heavy atom. The minimum absolute atomic E-state index is 0.0114. The molecule has 0 saturated heterocycles. The fraction of sp³-hybridized carbons (Fsp3) is 0.417. The van der Waals surface area contributed by atoms with Gasteiger partial charge in [0.2, 0.25) is 0 Å². The molecule has 0 heterocycles. The largest absolute Gasteiger partial charge is 0.323 e. The summed E-state index contributed by atoms with van der Waals surface area (Å²) >= 11 is 0. The van der Waals surface area contributed by atoms with Crippen LogP contribution in [0.25, 0.3) is 0 Å². The van der Waals surface area contributed by atoms with E-state index in [1.807, 2.05) is 19.9 Å². The summed E-state index contributed by atoms with van der Waals surface area (Å²) in [6.07, 6.45) is 0. The van der Waals surface area contributed by atoms with Gasteiger partial charge in [-0.05, 0) is 24.1 Å². The molecule has 16 heavy (non-hydrogen) atoms. The van der Waals surface area contributed by atoms with Crippen molar-refractivity contribution in [3.8, 4) is 6.07 Å². The lowest BCUT2D eigenvalue weighted by molar-refractivity contribution is 0.392. The van der Waals surface area contributed by atoms with Gasteiger partial charge < -0.3 is 5.73 Å². The molecule has 2 nitrogen and oxygen atoms in total. The third-order valence-corrected chi connectivity index (χ3v) is 2.57. The number of nitrogens with two attached hydrogens (primary N) is 1. The van der Waals surface area contributed by atoms with Crippen LogP contribution in [0, 0.1) is 34.8 Å². The average molecular weight is 224 g/mol. The molecule has 1 aromatic rings. The van der Waals surface area contributed by atoms with Gasteiger partial charge >= 0.3 is 0 Å². The second-order valence-electron chi connectivity index (χ2n) is 4.09. The zero-order valence-electron chi connectivity index (χ0n) is 9.24. The van der Waals surface area contributed by atoms with Crippen molar-refractivity contribution in [2.24, 2.45) is 17.6 Å². The van der Waals surface area contributed by atoms with E-state index in [0.717, 1.165) is 18.2 Å². The van der Waals surface area contributed by atoms with E-state index in [2.05, 4.69) is 0 Å². The van der Waals surface area contributed by atoms with Crippen molar-refractivity contribution in [1.29, 1.82) is 5.26 Å². The number of halogens is 2. The third-order valence-electron chi connectivity index (χ3n) is 2.57. The Kier molecular flexibility index (Phi) is 3.97. The maximum Gasteiger partial charge on any atom is 0.128 e. The van der Waals surface area contributed by atoms with Gasteiger partial charge in [-0.25, -0.2) is 8.78 Å². The summed E-state index contributed by atoms with van der Waals surface area (Å²) in [5.41, 5.74) is 5.85. The zero-order valence-corrected chi connectivity index (χ0v) is 9.24. The Morgan fingerprint density at radius 3 is 2.44 bits per heavy atom. The Hall–Kier alpha value is -1.47. The van der Waals surface area contributed by atoms with Crippen LogP contribution in [0.3, 0.4) is 0 Å². The van der Waals surface area contributed by atoms with Crippen LogP contribution < -0.4 is 5.73 Å². The molecule has 2 unspecified atom stereocenters. The normalized spacial score (nSPS) is 14.6. The van der Waals surface area contributed by atoms with Gasteiger partial charge in [0.1, 0.15) is 11.6 Å². The molecule has 1 aromatic carbocycles. The van der Waals surface area contributed by atoms with Crippen LogP contribution in [0.2, 0.25) is 0 Å². The number of nitrogens with zero attached hydrogens (tertiary/aromatic N) is 1. The second-order valence-corrected chi connectivity index (χ2v) is 4.09. The van der Waals surface area contributed by atoms with Crippen molar-refractivity contribution < 1.29 is 8.78 Å². The summed E-state index contributed by atoms with van der Waals surface area (Å²) in [6, 6.07) is 4.33. The summed E-state index contributed by atoms with van der Waals surface area (Å²) in [6.45, 7) is 3.65. The van der Waals surface area contributed by atoms with Crippen molar-refractivity contribution >= 4 is 0 Å². The lowest BCUT2D eigenvalue weighted by Gasteiger charge is -2.21. The first-order valence-electron chi connectivity index (χ1n) is 5.07. The van der Waals surface area contributed by atoms with Crippen LogP contribution in [0.5, 0.6) is 0 Å². The summed E-state index contributed by atoms with van der Waals surface area (Å²) in [5, 5.41) is 8.94. The minimum atomic E-state index is -0.805. The fourth-order valence-electron chi connectivity index (χ4n) is 1.61. The van der Waals surface area contributed by atoms with E-state index in [-0.39, 0.29) is 11.5 Å². The minimum Gasteiger partial charge on any atom is -0.323 e. The number of hydrogen-bond donors (Lipinski definition) is 1. The maximum absolute atomic E-state index is 13.4. The quantitative estimate of drug-likeness (QED) is 0.858. The molecule has 2 atom stereocenters. The number of nitriles is 1. The lowest BCUT2D eigenvalue weighted by atomic mass is 9.86. The van der Waals surface area contributed by atoms with Crippen LogP contribution in [-0.2, 0) is 0 Å². The first-order valence-corrected chi connectivity index (χ1v) is 5.07. The molecule has 0 aliphatic carbocycles. The van der Waals surface area contributed by atoms with Crippen LogP contribution >= 0.6 is 0 Å². The monoisotopic (exact) mass is 224 g/mol. The molecule has 0 aromatic heterocycles. The predicted molar refractivity (Wildman–Crippen MR) is 57.2 cm³/mol. The molecule has 4 heteroatoms. The molecule has 0 fully saturated rings. The second kappa shape index (κ2) is 5.04. The zero-order chi connectivity index (χ0) is 12.3. The van der Waals surface area contributed by atoms with Crippen molar-refractivity contribution in [3.05, 3.63) is 35.4 Å². The molecule has 0 spiro atoms. The van der Waals surface area contributed by atoms with E-state index in [1.54, 1.807) is 0 Å². The van der Waals surface area contributed by atoms with Crippen molar-refractivity contribution in [2.45, 2.75) is 19.9 Å². The Labute approximate surface area is 93.7 Å². The highest BCUT2D eigenvalue weighted by Crippen LogP contribution is 2.27. The first kappa shape index (κ1) is 12.6. The number of hydrogen-bond acceptors (Lipinski definition) is 2. The third kappa shape index (κ3) is 2.56. The molecule has 1 rings (SSSR count). The molecule has 0 amide bonds. The lowest BCUT2D eigenvalue weighted by Crippen LogP contribution is -2.25. The van der Waals surface area contributed by atoms with Crippen molar-refractivity contribution in [1.82, 2.24) is 0 Å². The Balaban J connectivity index is 3.08. The maximum atomic E-state index is 13.4. The topological polar surface area (TPSA) is 49.8 Å². The highest BCUT2D eigenvalue weighted by Gasteiger charge is 2.25. The van der Waals surface area contributed by atoms with E-state index >= 15 is 0 Å². The van der Waals surface area contributed by atoms with Crippen LogP contribution in [0.15, 0.2) is 18.2 Å². The van der Waals surface area contributed by atoms with Gasteiger partial charge in [-0.3, -0.25) is 0 Å². The van der Waals surface area contributed by atoms with Gasteiger partial charge in [0.15, 0.2) is 0 Å². The summed E-state index contributed by atoms with van der Waals surface area (Å²) in [4.78, 5) is 0. The van der Waals surface area contributed by atoms with Gasteiger partial charge in [0.25, 0.3) is 0 Å². The Morgan fingerprint density at radius 2 is 1.94 bits per heavy atom. The van der Waals surface area contributed by atoms with E-state index in [9.17, 15) is 8.78 Å². The molecular weight excluding hydrogens is 210 g/mol. The average Bonchev–Trinajstić information content (AvgIpc) is 2.22. The molecular formula is C12H14F2N2. The van der Waals surface area contributed by atoms with E-state index < -0.39 is 23.6 Å². The highest BCUT2D eigenvalue weighted by molar-refractivity contribution is 5.24. The molecule has 0 bridgehead atoms. The van der Waals surface area contributed by atoms with Crippen LogP contribution in [-0.4, -0.2) is 0 Å². The van der Waals surface area contributed by atoms with E-state index in [1.165, 1.54) is 0 Å². The van der Waals surface area contributed by atoms with Crippen molar-refractivity contribution in [2.75, 3.05) is 0 Å². The molecule has 0 saturated carbocycles. The number of benzene rings is 1. The summed E-state index contributed by atoms with van der Waals surface area (Å²) < 4.78 is 26.4. The molecule has 0 radical (unpaired) electrons. The highest BCUT2D eigenvalue weighted by atomic mass is 19.1. The first-order chi connectivity index (χ1) is 7.47. The standard InChI is InChI=1S/C12H14F2N2/c1-7(2)10(6-15)12(16)9-5-8(13)3-4-11(9)14/h3-5,7,10,12H,16H2,1-2H3. The van der Waals surface area contributed by atoms with Crippen LogP contribution in [0.1, 0.15) is 25.5 Å². The van der Waals surface area contributed by atoms with Crippen molar-refractivity contribution in [3.63, 3.8) is 0 Å². The fourth-order valence-corrected chi connectivity index (χ4v) is 1.61. The summed E-state index contributed by atoms with van der Waals surface area (Å²) in [5.74, 6) is -1.67. The molecule has 0 aliphatic heterocycles. The molecule has 2 N–H and O–H groups in total.